The molecule has 2 heteroatoms. The summed E-state index contributed by atoms with van der Waals surface area (Å²) in [5, 5.41) is 8.75. The molecule has 0 amide bonds. The Kier molecular flexibility index (Phi) is 28.3. The van der Waals surface area contributed by atoms with Crippen molar-refractivity contribution in [3.8, 4) is 0 Å². The van der Waals surface area contributed by atoms with Gasteiger partial charge >= 0.3 is 0 Å². The number of carbonyl (C=O) groups excluding carboxylic acids is 1. The van der Waals surface area contributed by atoms with Crippen LogP contribution in [0.2, 0.25) is 0 Å². The highest BCUT2D eigenvalue weighted by molar-refractivity contribution is 5.78. The highest BCUT2D eigenvalue weighted by Gasteiger charge is 2.02. The maximum absolute atomic E-state index is 12.0. The molecular weight excluding hydrogens is 392 g/mol. The van der Waals surface area contributed by atoms with Crippen LogP contribution >= 0.6 is 0 Å². The van der Waals surface area contributed by atoms with E-state index in [0.29, 0.717) is 12.4 Å². The molecule has 0 unspecified atom stereocenters. The number of rotatable bonds is 28. The van der Waals surface area contributed by atoms with Crippen LogP contribution in [0.25, 0.3) is 0 Å². The Labute approximate surface area is 202 Å². The second-order valence-corrected chi connectivity index (χ2v) is 10.2. The van der Waals surface area contributed by atoms with Crippen molar-refractivity contribution in [3.63, 3.8) is 0 Å². The fourth-order valence-corrected chi connectivity index (χ4v) is 4.67. The first-order chi connectivity index (χ1) is 15.8. The number of unbranched alkanes of at least 4 members (excludes halogenated alkanes) is 23. The first kappa shape index (κ1) is 31.6. The van der Waals surface area contributed by atoms with Gasteiger partial charge in [-0.25, -0.2) is 0 Å². The van der Waals surface area contributed by atoms with Gasteiger partial charge in [-0.2, -0.15) is 0 Å². The van der Waals surface area contributed by atoms with Gasteiger partial charge in [0.1, 0.15) is 5.78 Å². The topological polar surface area (TPSA) is 37.3 Å². The van der Waals surface area contributed by atoms with Crippen LogP contribution in [-0.4, -0.2) is 17.5 Å². The highest BCUT2D eigenvalue weighted by Crippen LogP contribution is 2.15. The van der Waals surface area contributed by atoms with E-state index in [4.69, 9.17) is 5.11 Å². The van der Waals surface area contributed by atoms with Crippen molar-refractivity contribution in [2.75, 3.05) is 6.61 Å². The first-order valence-electron chi connectivity index (χ1n) is 14.9. The zero-order valence-corrected chi connectivity index (χ0v) is 22.2. The third-order valence-electron chi connectivity index (χ3n) is 6.92. The number of ketones is 1. The summed E-state index contributed by atoms with van der Waals surface area (Å²) < 4.78 is 0. The molecule has 0 atom stereocenters. The number of hydrogen-bond acceptors (Lipinski definition) is 2. The number of carbonyl (C=O) groups is 1. The number of Topliss-reactive ketones (excluding diaryl/α,β-unsaturated/α-hetero) is 1. The maximum Gasteiger partial charge on any atom is 0.132 e. The van der Waals surface area contributed by atoms with Gasteiger partial charge in [0.05, 0.1) is 0 Å². The number of aliphatic hydroxyl groups excluding tert-OH is 1. The lowest BCUT2D eigenvalue weighted by molar-refractivity contribution is -0.119. The van der Waals surface area contributed by atoms with Gasteiger partial charge in [-0.3, -0.25) is 4.79 Å². The molecule has 0 heterocycles. The van der Waals surface area contributed by atoms with E-state index in [2.05, 4.69) is 6.92 Å². The Hall–Kier alpha value is -0.370. The molecule has 0 radical (unpaired) electrons. The fourth-order valence-electron chi connectivity index (χ4n) is 4.67. The molecule has 0 saturated carbocycles. The summed E-state index contributed by atoms with van der Waals surface area (Å²) in [5.41, 5.74) is 0. The van der Waals surface area contributed by atoms with Crippen LogP contribution in [0.5, 0.6) is 0 Å². The van der Waals surface area contributed by atoms with Crippen molar-refractivity contribution in [3.05, 3.63) is 0 Å². The highest BCUT2D eigenvalue weighted by atomic mass is 16.2. The maximum atomic E-state index is 12.0. The van der Waals surface area contributed by atoms with Crippen molar-refractivity contribution in [2.45, 2.75) is 180 Å². The lowest BCUT2D eigenvalue weighted by atomic mass is 10.0. The van der Waals surface area contributed by atoms with E-state index >= 15 is 0 Å². The SMILES string of the molecule is CCCCCCCCCCCCCCCC(=O)CCCCCCCCCCCCCCO. The van der Waals surface area contributed by atoms with Crippen LogP contribution in [0.4, 0.5) is 0 Å². The minimum absolute atomic E-state index is 0.352. The van der Waals surface area contributed by atoms with Crippen molar-refractivity contribution in [1.29, 1.82) is 0 Å². The minimum Gasteiger partial charge on any atom is -0.396 e. The predicted molar refractivity (Wildman–Crippen MR) is 142 cm³/mol. The summed E-state index contributed by atoms with van der Waals surface area (Å²) in [6, 6.07) is 0. The monoisotopic (exact) mass is 452 g/mol. The standard InChI is InChI=1S/C30H60O2/c1-2-3-4-5-6-7-8-9-12-15-18-21-24-27-30(32)28-25-22-19-16-13-10-11-14-17-20-23-26-29-31/h31H,2-29H2,1H3. The second-order valence-electron chi connectivity index (χ2n) is 10.2. The largest absolute Gasteiger partial charge is 0.396 e. The summed E-state index contributed by atoms with van der Waals surface area (Å²) in [6.45, 7) is 2.64. The molecule has 0 aromatic rings. The first-order valence-corrected chi connectivity index (χ1v) is 14.9. The lowest BCUT2D eigenvalue weighted by Crippen LogP contribution is -1.97. The van der Waals surface area contributed by atoms with Crippen LogP contribution < -0.4 is 0 Å². The second kappa shape index (κ2) is 28.7. The van der Waals surface area contributed by atoms with Crippen LogP contribution in [0.3, 0.4) is 0 Å². The van der Waals surface area contributed by atoms with E-state index in [9.17, 15) is 4.79 Å². The van der Waals surface area contributed by atoms with Gasteiger partial charge in [0.2, 0.25) is 0 Å². The molecule has 0 saturated heterocycles. The van der Waals surface area contributed by atoms with E-state index in [1.807, 2.05) is 0 Å². The van der Waals surface area contributed by atoms with Gasteiger partial charge in [-0.05, 0) is 19.3 Å². The zero-order chi connectivity index (χ0) is 23.4. The Morgan fingerprint density at radius 2 is 0.656 bits per heavy atom. The molecule has 0 aliphatic carbocycles. The molecule has 192 valence electrons. The van der Waals surface area contributed by atoms with E-state index < -0.39 is 0 Å². The van der Waals surface area contributed by atoms with Crippen molar-refractivity contribution in [1.82, 2.24) is 0 Å². The van der Waals surface area contributed by atoms with Crippen LogP contribution in [0.15, 0.2) is 0 Å². The Balaban J connectivity index is 3.14. The Morgan fingerprint density at radius 3 is 0.938 bits per heavy atom. The molecule has 0 aromatic carbocycles. The van der Waals surface area contributed by atoms with Gasteiger partial charge in [-0.15, -0.1) is 0 Å². The lowest BCUT2D eigenvalue weighted by Gasteiger charge is -2.04. The van der Waals surface area contributed by atoms with Crippen molar-refractivity contribution in [2.24, 2.45) is 0 Å². The van der Waals surface area contributed by atoms with Crippen molar-refractivity contribution >= 4 is 5.78 Å². The smallest absolute Gasteiger partial charge is 0.132 e. The average Bonchev–Trinajstić information content (AvgIpc) is 2.80. The molecule has 0 aliphatic rings. The summed E-state index contributed by atoms with van der Waals surface area (Å²) >= 11 is 0. The molecular formula is C30H60O2. The minimum atomic E-state index is 0.352. The van der Waals surface area contributed by atoms with E-state index in [0.717, 1.165) is 32.1 Å². The summed E-state index contributed by atoms with van der Waals surface area (Å²) in [4.78, 5) is 12.0. The molecule has 0 fully saturated rings. The summed E-state index contributed by atoms with van der Waals surface area (Å²) in [7, 11) is 0. The number of hydrogen-bond donors (Lipinski definition) is 1. The molecule has 2 nitrogen and oxygen atoms in total. The Morgan fingerprint density at radius 1 is 0.406 bits per heavy atom. The quantitative estimate of drug-likeness (QED) is 0.120. The predicted octanol–water partition coefficient (Wildman–Crippen LogP) is 10.1. The van der Waals surface area contributed by atoms with E-state index in [1.165, 1.54) is 141 Å². The van der Waals surface area contributed by atoms with Crippen molar-refractivity contribution < 1.29 is 9.90 Å². The Bertz CT molecular complexity index is 321. The summed E-state index contributed by atoms with van der Waals surface area (Å²) in [5.74, 6) is 0.509. The van der Waals surface area contributed by atoms with Gasteiger partial charge < -0.3 is 5.11 Å². The van der Waals surface area contributed by atoms with Gasteiger partial charge in [0.25, 0.3) is 0 Å². The van der Waals surface area contributed by atoms with E-state index in [1.54, 1.807) is 0 Å². The summed E-state index contributed by atoms with van der Waals surface area (Å²) in [6.07, 6.45) is 34.7. The third-order valence-corrected chi connectivity index (χ3v) is 6.92. The van der Waals surface area contributed by atoms with Crippen LogP contribution in [0, 0.1) is 0 Å². The zero-order valence-electron chi connectivity index (χ0n) is 22.2. The fraction of sp³-hybridized carbons (Fsp3) is 0.967. The van der Waals surface area contributed by atoms with Crippen LogP contribution in [-0.2, 0) is 4.79 Å². The molecule has 0 rings (SSSR count). The third kappa shape index (κ3) is 27.7. The molecule has 0 aliphatic heterocycles. The molecule has 0 bridgehead atoms. The number of aliphatic hydroxyl groups is 1. The molecule has 32 heavy (non-hydrogen) atoms. The molecule has 0 aromatic heterocycles. The van der Waals surface area contributed by atoms with E-state index in [-0.39, 0.29) is 0 Å². The van der Waals surface area contributed by atoms with Crippen LogP contribution in [0.1, 0.15) is 180 Å². The molecule has 1 N–H and O–H groups in total. The van der Waals surface area contributed by atoms with Gasteiger partial charge in [0.15, 0.2) is 0 Å². The normalized spacial score (nSPS) is 11.3. The average molecular weight is 453 g/mol. The van der Waals surface area contributed by atoms with Gasteiger partial charge in [-0.1, -0.05) is 148 Å². The molecule has 0 spiro atoms. The van der Waals surface area contributed by atoms with Gasteiger partial charge in [0, 0.05) is 19.4 Å².